The highest BCUT2D eigenvalue weighted by Gasteiger charge is 2.25. The first-order chi connectivity index (χ1) is 10.7. The average molecular weight is 310 g/mol. The van der Waals surface area contributed by atoms with E-state index in [0.29, 0.717) is 31.5 Å². The Labute approximate surface area is 129 Å². The van der Waals surface area contributed by atoms with Gasteiger partial charge in [-0.15, -0.1) is 0 Å². The molecule has 22 heavy (non-hydrogen) atoms. The predicted octanol–water partition coefficient (Wildman–Crippen LogP) is 0.684. The van der Waals surface area contributed by atoms with Gasteiger partial charge in [0, 0.05) is 20.2 Å². The van der Waals surface area contributed by atoms with Crippen molar-refractivity contribution in [3.05, 3.63) is 12.4 Å². The monoisotopic (exact) mass is 310 g/mol. The molecule has 1 aliphatic heterocycles. The van der Waals surface area contributed by atoms with Crippen molar-refractivity contribution in [2.24, 2.45) is 0 Å². The Morgan fingerprint density at radius 1 is 1.41 bits per heavy atom. The van der Waals surface area contributed by atoms with Crippen molar-refractivity contribution in [1.82, 2.24) is 20.2 Å². The Bertz CT molecular complexity index is 486. The second-order valence-electron chi connectivity index (χ2n) is 4.95. The normalized spacial score (nSPS) is 17.9. The van der Waals surface area contributed by atoms with E-state index >= 15 is 0 Å². The van der Waals surface area contributed by atoms with Crippen LogP contribution in [0.4, 0.5) is 4.79 Å². The van der Waals surface area contributed by atoms with E-state index in [1.165, 1.54) is 13.3 Å². The van der Waals surface area contributed by atoms with Crippen LogP contribution in [-0.4, -0.2) is 67.5 Å². The number of urea groups is 1. The van der Waals surface area contributed by atoms with E-state index in [-0.39, 0.29) is 12.1 Å². The number of aromatic nitrogens is 2. The zero-order chi connectivity index (χ0) is 15.8. The molecule has 0 aliphatic carbocycles. The molecule has 8 heteroatoms. The number of piperidine rings is 1. The van der Waals surface area contributed by atoms with Crippen LogP contribution in [0, 0.1) is 0 Å². The number of carbonyl (C=O) groups is 1. The molecule has 0 radical (unpaired) electrons. The van der Waals surface area contributed by atoms with E-state index in [9.17, 15) is 4.79 Å². The lowest BCUT2D eigenvalue weighted by Crippen LogP contribution is -2.49. The third-order valence-corrected chi connectivity index (χ3v) is 3.33. The minimum Gasteiger partial charge on any atom is -0.480 e. The van der Waals surface area contributed by atoms with Crippen LogP contribution in [0.1, 0.15) is 12.8 Å². The molecule has 2 rings (SSSR count). The van der Waals surface area contributed by atoms with Crippen LogP contribution in [0.5, 0.6) is 11.8 Å². The number of hydrogen-bond donors (Lipinski definition) is 1. The van der Waals surface area contributed by atoms with Crippen molar-refractivity contribution in [3.63, 3.8) is 0 Å². The quantitative estimate of drug-likeness (QED) is 0.778. The van der Waals surface area contributed by atoms with Gasteiger partial charge in [0.1, 0.15) is 6.10 Å². The zero-order valence-corrected chi connectivity index (χ0v) is 12.9. The molecule has 1 saturated heterocycles. The van der Waals surface area contributed by atoms with Crippen LogP contribution in [-0.2, 0) is 4.74 Å². The lowest BCUT2D eigenvalue weighted by Gasteiger charge is -2.32. The van der Waals surface area contributed by atoms with Crippen molar-refractivity contribution < 1.29 is 19.0 Å². The number of likely N-dealkylation sites (tertiary alicyclic amines) is 1. The Morgan fingerprint density at radius 3 is 3.00 bits per heavy atom. The Balaban J connectivity index is 1.85. The molecule has 1 fully saturated rings. The molecule has 0 bridgehead atoms. The van der Waals surface area contributed by atoms with Crippen LogP contribution in [0.25, 0.3) is 0 Å². The van der Waals surface area contributed by atoms with Gasteiger partial charge in [-0.05, 0) is 12.8 Å². The van der Waals surface area contributed by atoms with Crippen molar-refractivity contribution in [1.29, 1.82) is 0 Å². The lowest BCUT2D eigenvalue weighted by molar-refractivity contribution is 0.0958. The molecule has 0 spiro atoms. The highest BCUT2D eigenvalue weighted by atomic mass is 16.5. The molecule has 8 nitrogen and oxygen atoms in total. The van der Waals surface area contributed by atoms with Crippen molar-refractivity contribution >= 4 is 6.03 Å². The zero-order valence-electron chi connectivity index (χ0n) is 12.9. The van der Waals surface area contributed by atoms with Gasteiger partial charge >= 0.3 is 6.03 Å². The van der Waals surface area contributed by atoms with Gasteiger partial charge in [-0.2, -0.15) is 4.98 Å². The summed E-state index contributed by atoms with van der Waals surface area (Å²) < 4.78 is 15.7. The first-order valence-electron chi connectivity index (χ1n) is 7.27. The largest absolute Gasteiger partial charge is 0.480 e. The molecule has 1 atom stereocenters. The molecule has 2 amide bonds. The third kappa shape index (κ3) is 4.73. The molecule has 0 aromatic carbocycles. The number of amides is 2. The van der Waals surface area contributed by atoms with Gasteiger partial charge in [0.2, 0.25) is 11.8 Å². The van der Waals surface area contributed by atoms with Crippen LogP contribution in [0.2, 0.25) is 0 Å². The van der Waals surface area contributed by atoms with Gasteiger partial charge < -0.3 is 24.4 Å². The van der Waals surface area contributed by atoms with E-state index in [1.807, 2.05) is 0 Å². The first-order valence-corrected chi connectivity index (χ1v) is 7.27. The summed E-state index contributed by atoms with van der Waals surface area (Å²) in [4.78, 5) is 22.0. The topological polar surface area (TPSA) is 85.8 Å². The van der Waals surface area contributed by atoms with Gasteiger partial charge in [0.15, 0.2) is 0 Å². The number of nitrogens with one attached hydrogen (secondary N) is 1. The standard InChI is InChI=1S/C14H22N4O4/c1-20-7-5-16-14(19)18-6-3-4-11(10-18)22-13-9-15-8-12(17-13)21-2/h8-9,11H,3-7,10H2,1-2H3,(H,16,19). The summed E-state index contributed by atoms with van der Waals surface area (Å²) in [6.07, 6.45) is 4.73. The van der Waals surface area contributed by atoms with Gasteiger partial charge in [0.05, 0.1) is 32.7 Å². The number of hydrogen-bond acceptors (Lipinski definition) is 6. The minimum atomic E-state index is -0.0953. The van der Waals surface area contributed by atoms with Crippen LogP contribution in [0.15, 0.2) is 12.4 Å². The van der Waals surface area contributed by atoms with Crippen molar-refractivity contribution in [2.75, 3.05) is 40.5 Å². The summed E-state index contributed by atoms with van der Waals surface area (Å²) in [6, 6.07) is -0.0953. The minimum absolute atomic E-state index is 0.0941. The maximum absolute atomic E-state index is 12.0. The summed E-state index contributed by atoms with van der Waals surface area (Å²) in [5.41, 5.74) is 0. The number of nitrogens with zero attached hydrogens (tertiary/aromatic N) is 3. The summed E-state index contributed by atoms with van der Waals surface area (Å²) in [5.74, 6) is 0.813. The average Bonchev–Trinajstić information content (AvgIpc) is 2.55. The molecule has 0 saturated carbocycles. The first kappa shape index (κ1) is 16.3. The molecule has 2 heterocycles. The molecule has 1 N–H and O–H groups in total. The third-order valence-electron chi connectivity index (χ3n) is 3.33. The van der Waals surface area contributed by atoms with Crippen molar-refractivity contribution in [2.45, 2.75) is 18.9 Å². The van der Waals surface area contributed by atoms with E-state index in [0.717, 1.165) is 19.4 Å². The molecular weight excluding hydrogens is 288 g/mol. The molecule has 1 aromatic heterocycles. The lowest BCUT2D eigenvalue weighted by atomic mass is 10.1. The Kier molecular flexibility index (Phi) is 6.20. The van der Waals surface area contributed by atoms with E-state index in [2.05, 4.69) is 15.3 Å². The predicted molar refractivity (Wildman–Crippen MR) is 79.1 cm³/mol. The van der Waals surface area contributed by atoms with Gasteiger partial charge in [-0.1, -0.05) is 0 Å². The molecule has 1 aliphatic rings. The molecule has 122 valence electrons. The second kappa shape index (κ2) is 8.38. The fraction of sp³-hybridized carbons (Fsp3) is 0.643. The Hall–Kier alpha value is -2.09. The van der Waals surface area contributed by atoms with Crippen LogP contribution in [0.3, 0.4) is 0 Å². The Morgan fingerprint density at radius 2 is 2.23 bits per heavy atom. The number of ether oxygens (including phenoxy) is 3. The van der Waals surface area contributed by atoms with Gasteiger partial charge in [-0.25, -0.2) is 4.79 Å². The van der Waals surface area contributed by atoms with Crippen molar-refractivity contribution in [3.8, 4) is 11.8 Å². The smallest absolute Gasteiger partial charge is 0.317 e. The summed E-state index contributed by atoms with van der Waals surface area (Å²) in [5, 5.41) is 2.81. The van der Waals surface area contributed by atoms with Gasteiger partial charge in [-0.3, -0.25) is 4.98 Å². The van der Waals surface area contributed by atoms with E-state index in [1.54, 1.807) is 18.2 Å². The summed E-state index contributed by atoms with van der Waals surface area (Å²) in [7, 11) is 3.13. The SMILES string of the molecule is COCCNC(=O)N1CCCC(Oc2cncc(OC)n2)C1. The highest BCUT2D eigenvalue weighted by Crippen LogP contribution is 2.18. The maximum atomic E-state index is 12.0. The summed E-state index contributed by atoms with van der Waals surface area (Å²) >= 11 is 0. The highest BCUT2D eigenvalue weighted by molar-refractivity contribution is 5.74. The van der Waals surface area contributed by atoms with E-state index < -0.39 is 0 Å². The molecule has 1 unspecified atom stereocenters. The summed E-state index contributed by atoms with van der Waals surface area (Å²) in [6.45, 7) is 2.25. The molecular formula is C14H22N4O4. The maximum Gasteiger partial charge on any atom is 0.317 e. The van der Waals surface area contributed by atoms with Crippen LogP contribution >= 0.6 is 0 Å². The van der Waals surface area contributed by atoms with Gasteiger partial charge in [0.25, 0.3) is 0 Å². The number of carbonyl (C=O) groups excluding carboxylic acids is 1. The fourth-order valence-electron chi connectivity index (χ4n) is 2.25. The number of rotatable bonds is 6. The molecule has 1 aromatic rings. The number of methoxy groups -OCH3 is 2. The van der Waals surface area contributed by atoms with Crippen LogP contribution < -0.4 is 14.8 Å². The second-order valence-corrected chi connectivity index (χ2v) is 4.95. The fourth-order valence-corrected chi connectivity index (χ4v) is 2.25. The van der Waals surface area contributed by atoms with E-state index in [4.69, 9.17) is 14.2 Å².